The standard InChI is InChI=1S/C22H26ClN3O2/c1-17-6-8-18(9-7-17)10-11-22(28)26-14-12-25(13-15-26)16-21(27)24-20-5-3-2-4-19(20)23/h2-9H,10-16H2,1H3,(H,24,27). The molecule has 2 amide bonds. The van der Waals surface area contributed by atoms with Crippen molar-refractivity contribution in [2.45, 2.75) is 19.8 Å². The Morgan fingerprint density at radius 3 is 2.36 bits per heavy atom. The van der Waals surface area contributed by atoms with Crippen LogP contribution < -0.4 is 5.32 Å². The number of piperazine rings is 1. The molecular formula is C22H26ClN3O2. The maximum Gasteiger partial charge on any atom is 0.238 e. The van der Waals surface area contributed by atoms with Crippen molar-refractivity contribution in [2.24, 2.45) is 0 Å². The number of anilines is 1. The van der Waals surface area contributed by atoms with Crippen LogP contribution in [0.4, 0.5) is 5.69 Å². The van der Waals surface area contributed by atoms with Gasteiger partial charge in [0.15, 0.2) is 0 Å². The zero-order valence-electron chi connectivity index (χ0n) is 16.2. The van der Waals surface area contributed by atoms with E-state index in [1.165, 1.54) is 11.1 Å². The van der Waals surface area contributed by atoms with E-state index in [1.54, 1.807) is 12.1 Å². The van der Waals surface area contributed by atoms with E-state index in [4.69, 9.17) is 11.6 Å². The van der Waals surface area contributed by atoms with Crippen molar-refractivity contribution in [1.29, 1.82) is 0 Å². The van der Waals surface area contributed by atoms with Gasteiger partial charge in [-0.2, -0.15) is 0 Å². The van der Waals surface area contributed by atoms with Gasteiger partial charge >= 0.3 is 0 Å². The molecule has 5 nitrogen and oxygen atoms in total. The van der Waals surface area contributed by atoms with E-state index in [0.29, 0.717) is 49.9 Å². The Kier molecular flexibility index (Phi) is 7.06. The summed E-state index contributed by atoms with van der Waals surface area (Å²) in [6.45, 7) is 5.08. The fraction of sp³-hybridized carbons (Fsp3) is 0.364. The van der Waals surface area contributed by atoms with Crippen LogP contribution in [0.3, 0.4) is 0 Å². The highest BCUT2D eigenvalue weighted by Gasteiger charge is 2.22. The predicted octanol–water partition coefficient (Wildman–Crippen LogP) is 3.36. The van der Waals surface area contributed by atoms with Gasteiger partial charge in [0.25, 0.3) is 0 Å². The Hall–Kier alpha value is -2.37. The average molecular weight is 400 g/mol. The van der Waals surface area contributed by atoms with Crippen molar-refractivity contribution in [1.82, 2.24) is 9.80 Å². The summed E-state index contributed by atoms with van der Waals surface area (Å²) in [4.78, 5) is 28.7. The predicted molar refractivity (Wildman–Crippen MR) is 113 cm³/mol. The Balaban J connectivity index is 1.40. The smallest absolute Gasteiger partial charge is 0.238 e. The normalized spacial score (nSPS) is 14.7. The number of hydrogen-bond acceptors (Lipinski definition) is 3. The number of rotatable bonds is 6. The van der Waals surface area contributed by atoms with Crippen LogP contribution in [-0.2, 0) is 16.0 Å². The third-order valence-electron chi connectivity index (χ3n) is 4.99. The molecule has 0 bridgehead atoms. The van der Waals surface area contributed by atoms with E-state index < -0.39 is 0 Å². The van der Waals surface area contributed by atoms with E-state index in [2.05, 4.69) is 41.4 Å². The zero-order valence-corrected chi connectivity index (χ0v) is 16.9. The monoisotopic (exact) mass is 399 g/mol. The largest absolute Gasteiger partial charge is 0.340 e. The molecule has 1 aliphatic rings. The van der Waals surface area contributed by atoms with Crippen LogP contribution in [0.2, 0.25) is 5.02 Å². The average Bonchev–Trinajstić information content (AvgIpc) is 2.69. The second kappa shape index (κ2) is 9.71. The molecule has 1 N–H and O–H groups in total. The maximum atomic E-state index is 12.5. The summed E-state index contributed by atoms with van der Waals surface area (Å²) in [5, 5.41) is 3.37. The van der Waals surface area contributed by atoms with Crippen molar-refractivity contribution in [3.63, 3.8) is 0 Å². The van der Waals surface area contributed by atoms with E-state index in [0.717, 1.165) is 6.42 Å². The molecule has 2 aromatic carbocycles. The van der Waals surface area contributed by atoms with Crippen molar-refractivity contribution in [3.05, 3.63) is 64.7 Å². The Morgan fingerprint density at radius 2 is 1.68 bits per heavy atom. The van der Waals surface area contributed by atoms with Gasteiger partial charge in [0.05, 0.1) is 17.3 Å². The van der Waals surface area contributed by atoms with E-state index in [9.17, 15) is 9.59 Å². The lowest BCUT2D eigenvalue weighted by molar-refractivity contribution is -0.133. The third kappa shape index (κ3) is 5.81. The molecule has 0 aromatic heterocycles. The summed E-state index contributed by atoms with van der Waals surface area (Å²) in [5.74, 6) is 0.0907. The highest BCUT2D eigenvalue weighted by molar-refractivity contribution is 6.33. The minimum absolute atomic E-state index is 0.0905. The van der Waals surface area contributed by atoms with Crippen molar-refractivity contribution in [3.8, 4) is 0 Å². The molecule has 2 aromatic rings. The molecule has 6 heteroatoms. The summed E-state index contributed by atoms with van der Waals surface area (Å²) in [6.07, 6.45) is 1.29. The van der Waals surface area contributed by atoms with Crippen LogP contribution in [0, 0.1) is 6.92 Å². The number of hydrogen-bond donors (Lipinski definition) is 1. The maximum absolute atomic E-state index is 12.5. The molecule has 0 saturated carbocycles. The Labute approximate surface area is 171 Å². The zero-order chi connectivity index (χ0) is 19.9. The molecule has 0 aliphatic carbocycles. The second-order valence-corrected chi connectivity index (χ2v) is 7.58. The van der Waals surface area contributed by atoms with Crippen LogP contribution in [0.5, 0.6) is 0 Å². The minimum Gasteiger partial charge on any atom is -0.340 e. The van der Waals surface area contributed by atoms with Crippen LogP contribution >= 0.6 is 11.6 Å². The van der Waals surface area contributed by atoms with Gasteiger partial charge in [-0.05, 0) is 31.0 Å². The van der Waals surface area contributed by atoms with Gasteiger partial charge in [0.2, 0.25) is 11.8 Å². The molecular weight excluding hydrogens is 374 g/mol. The summed E-state index contributed by atoms with van der Waals surface area (Å²) in [7, 11) is 0. The molecule has 1 heterocycles. The van der Waals surface area contributed by atoms with Gasteiger partial charge in [0, 0.05) is 32.6 Å². The Morgan fingerprint density at radius 1 is 1.00 bits per heavy atom. The number of nitrogens with one attached hydrogen (secondary N) is 1. The van der Waals surface area contributed by atoms with Gasteiger partial charge in [-0.25, -0.2) is 0 Å². The summed E-state index contributed by atoms with van der Waals surface area (Å²) >= 11 is 6.07. The van der Waals surface area contributed by atoms with E-state index in [1.807, 2.05) is 17.0 Å². The highest BCUT2D eigenvalue weighted by atomic mass is 35.5. The number of nitrogens with zero attached hydrogens (tertiary/aromatic N) is 2. The van der Waals surface area contributed by atoms with Crippen molar-refractivity contribution in [2.75, 3.05) is 38.0 Å². The fourth-order valence-electron chi connectivity index (χ4n) is 3.27. The molecule has 148 valence electrons. The molecule has 0 spiro atoms. The number of amides is 2. The van der Waals surface area contributed by atoms with Crippen molar-refractivity contribution >= 4 is 29.1 Å². The first-order valence-corrected chi connectivity index (χ1v) is 9.99. The van der Waals surface area contributed by atoms with Crippen LogP contribution in [0.25, 0.3) is 0 Å². The molecule has 28 heavy (non-hydrogen) atoms. The van der Waals surface area contributed by atoms with Gasteiger partial charge in [-0.1, -0.05) is 53.6 Å². The molecule has 0 radical (unpaired) electrons. The van der Waals surface area contributed by atoms with Crippen molar-refractivity contribution < 1.29 is 9.59 Å². The van der Waals surface area contributed by atoms with Gasteiger partial charge in [-0.3, -0.25) is 14.5 Å². The summed E-state index contributed by atoms with van der Waals surface area (Å²) < 4.78 is 0. The first kappa shape index (κ1) is 20.4. The van der Waals surface area contributed by atoms with Gasteiger partial charge in [0.1, 0.15) is 0 Å². The first-order valence-electron chi connectivity index (χ1n) is 9.61. The number of aryl methyl sites for hydroxylation is 2. The lowest BCUT2D eigenvalue weighted by Crippen LogP contribution is -2.50. The topological polar surface area (TPSA) is 52.7 Å². The number of benzene rings is 2. The highest BCUT2D eigenvalue weighted by Crippen LogP contribution is 2.20. The summed E-state index contributed by atoms with van der Waals surface area (Å²) in [6, 6.07) is 15.5. The van der Waals surface area contributed by atoms with Crippen LogP contribution in [0.1, 0.15) is 17.5 Å². The number of para-hydroxylation sites is 1. The molecule has 1 saturated heterocycles. The molecule has 3 rings (SSSR count). The van der Waals surface area contributed by atoms with Gasteiger partial charge in [-0.15, -0.1) is 0 Å². The van der Waals surface area contributed by atoms with E-state index in [-0.39, 0.29) is 11.8 Å². The minimum atomic E-state index is -0.0905. The fourth-order valence-corrected chi connectivity index (χ4v) is 3.46. The molecule has 1 aliphatic heterocycles. The lowest BCUT2D eigenvalue weighted by atomic mass is 10.1. The molecule has 0 atom stereocenters. The summed E-state index contributed by atoms with van der Waals surface area (Å²) in [5.41, 5.74) is 3.04. The second-order valence-electron chi connectivity index (χ2n) is 7.17. The van der Waals surface area contributed by atoms with E-state index >= 15 is 0 Å². The number of carbonyl (C=O) groups is 2. The lowest BCUT2D eigenvalue weighted by Gasteiger charge is -2.34. The first-order chi connectivity index (χ1) is 13.5. The third-order valence-corrected chi connectivity index (χ3v) is 5.32. The van der Waals surface area contributed by atoms with Crippen LogP contribution in [0.15, 0.2) is 48.5 Å². The van der Waals surface area contributed by atoms with Gasteiger partial charge < -0.3 is 10.2 Å². The van der Waals surface area contributed by atoms with Crippen LogP contribution in [-0.4, -0.2) is 54.3 Å². The Bertz CT molecular complexity index is 815. The SMILES string of the molecule is Cc1ccc(CCC(=O)N2CCN(CC(=O)Nc3ccccc3Cl)CC2)cc1. The number of carbonyl (C=O) groups excluding carboxylic acids is 2. The molecule has 0 unspecified atom stereocenters. The quantitative estimate of drug-likeness (QED) is 0.810. The molecule has 1 fully saturated rings. The number of halogens is 1.